The second-order valence-electron chi connectivity index (χ2n) is 9.02. The average molecular weight is 488 g/mol. The number of amides is 2. The van der Waals surface area contributed by atoms with Crippen molar-refractivity contribution in [3.63, 3.8) is 0 Å². The Morgan fingerprint density at radius 3 is 1.94 bits per heavy atom. The van der Waals surface area contributed by atoms with Crippen LogP contribution in [0.2, 0.25) is 0 Å². The number of hydrogen-bond acceptors (Lipinski definition) is 5. The van der Waals surface area contributed by atoms with E-state index in [0.29, 0.717) is 16.9 Å². The molecule has 2 aromatic rings. The Labute approximate surface area is 190 Å². The van der Waals surface area contributed by atoms with Gasteiger partial charge in [0.05, 0.1) is 11.4 Å². The second kappa shape index (κ2) is 8.34. The summed E-state index contributed by atoms with van der Waals surface area (Å²) in [5.41, 5.74) is 0.0118. The predicted octanol–water partition coefficient (Wildman–Crippen LogP) is 6.43. The summed E-state index contributed by atoms with van der Waals surface area (Å²) in [7, 11) is 0. The van der Waals surface area contributed by atoms with E-state index < -0.39 is 23.4 Å². The van der Waals surface area contributed by atoms with Crippen LogP contribution in [0.25, 0.3) is 0 Å². The van der Waals surface area contributed by atoms with Gasteiger partial charge in [0.15, 0.2) is 5.84 Å². The molecular formula is C23H26BrN3O4. The highest BCUT2D eigenvalue weighted by Gasteiger charge is 2.41. The van der Waals surface area contributed by atoms with Crippen LogP contribution in [0.1, 0.15) is 47.1 Å². The van der Waals surface area contributed by atoms with E-state index in [0.717, 1.165) is 9.48 Å². The van der Waals surface area contributed by atoms with Gasteiger partial charge in [0.2, 0.25) is 0 Å². The molecule has 2 aromatic carbocycles. The molecule has 0 atom stereocenters. The summed E-state index contributed by atoms with van der Waals surface area (Å²) < 4.78 is 12.0. The van der Waals surface area contributed by atoms with Gasteiger partial charge in [0.25, 0.3) is 0 Å². The summed E-state index contributed by atoms with van der Waals surface area (Å²) in [4.78, 5) is 31.4. The van der Waals surface area contributed by atoms with Crippen molar-refractivity contribution < 1.29 is 19.1 Å². The van der Waals surface area contributed by atoms with Crippen LogP contribution >= 0.6 is 15.9 Å². The number of anilines is 1. The molecule has 8 heteroatoms. The summed E-state index contributed by atoms with van der Waals surface area (Å²) >= 11 is 3.43. The van der Waals surface area contributed by atoms with Crippen LogP contribution in [0, 0.1) is 0 Å². The van der Waals surface area contributed by atoms with Gasteiger partial charge >= 0.3 is 12.2 Å². The number of hydrazine groups is 1. The first-order valence-electron chi connectivity index (χ1n) is 9.85. The highest BCUT2D eigenvalue weighted by molar-refractivity contribution is 9.10. The number of benzene rings is 2. The van der Waals surface area contributed by atoms with Gasteiger partial charge in [-0.25, -0.2) is 14.6 Å². The summed E-state index contributed by atoms with van der Waals surface area (Å²) in [6.45, 7) is 10.6. The van der Waals surface area contributed by atoms with Gasteiger partial charge < -0.3 is 9.47 Å². The van der Waals surface area contributed by atoms with E-state index in [9.17, 15) is 9.59 Å². The fourth-order valence-corrected chi connectivity index (χ4v) is 3.21. The molecule has 0 fully saturated rings. The number of nitrogens with zero attached hydrogens (tertiary/aromatic N) is 3. The molecule has 0 N–H and O–H groups in total. The van der Waals surface area contributed by atoms with Gasteiger partial charge in [-0.05, 0) is 59.7 Å². The van der Waals surface area contributed by atoms with Crippen molar-refractivity contribution in [1.29, 1.82) is 0 Å². The van der Waals surface area contributed by atoms with Crippen LogP contribution in [0.4, 0.5) is 21.0 Å². The van der Waals surface area contributed by atoms with Crippen molar-refractivity contribution in [2.45, 2.75) is 52.7 Å². The first-order valence-corrected chi connectivity index (χ1v) is 10.6. The van der Waals surface area contributed by atoms with Gasteiger partial charge in [-0.15, -0.1) is 0 Å². The number of fused-ring (bicyclic) bond motifs is 1. The fraction of sp³-hybridized carbons (Fsp3) is 0.348. The topological polar surface area (TPSA) is 71.4 Å². The number of carbonyl (C=O) groups excluding carboxylic acids is 2. The molecule has 0 aromatic heterocycles. The minimum atomic E-state index is -0.782. The van der Waals surface area contributed by atoms with Gasteiger partial charge in [-0.1, -0.05) is 46.3 Å². The monoisotopic (exact) mass is 487 g/mol. The third-order valence-electron chi connectivity index (χ3n) is 3.96. The molecule has 0 saturated heterocycles. The van der Waals surface area contributed by atoms with Gasteiger partial charge in [-0.2, -0.15) is 10.0 Å². The molecular weight excluding hydrogens is 462 g/mol. The molecule has 0 radical (unpaired) electrons. The Bertz CT molecular complexity index is 1020. The first-order chi connectivity index (χ1) is 14.4. The number of rotatable bonds is 1. The van der Waals surface area contributed by atoms with Crippen molar-refractivity contribution in [1.82, 2.24) is 5.01 Å². The molecule has 0 unspecified atom stereocenters. The Hall–Kier alpha value is -2.87. The van der Waals surface area contributed by atoms with Crippen LogP contribution in [-0.4, -0.2) is 34.2 Å². The number of amidine groups is 1. The Kier molecular flexibility index (Phi) is 6.14. The lowest BCUT2D eigenvalue weighted by Gasteiger charge is -2.39. The number of ether oxygens (including phenoxy) is 2. The van der Waals surface area contributed by atoms with E-state index in [1.54, 1.807) is 53.7 Å². The van der Waals surface area contributed by atoms with Gasteiger partial charge in [0.1, 0.15) is 11.2 Å². The third kappa shape index (κ3) is 5.44. The van der Waals surface area contributed by atoms with Crippen LogP contribution in [-0.2, 0) is 9.47 Å². The number of aliphatic imine (C=N–C) groups is 1. The molecule has 7 nitrogen and oxygen atoms in total. The maximum atomic E-state index is 13.3. The summed E-state index contributed by atoms with van der Waals surface area (Å²) in [5, 5.41) is 2.30. The maximum absolute atomic E-state index is 13.3. The molecule has 3 rings (SSSR count). The lowest BCUT2D eigenvalue weighted by atomic mass is 10.1. The third-order valence-corrected chi connectivity index (χ3v) is 4.45. The zero-order valence-electron chi connectivity index (χ0n) is 18.5. The van der Waals surface area contributed by atoms with Crippen molar-refractivity contribution in [2.75, 3.05) is 5.01 Å². The highest BCUT2D eigenvalue weighted by Crippen LogP contribution is 2.39. The summed E-state index contributed by atoms with van der Waals surface area (Å²) in [5.74, 6) is 0.260. The molecule has 0 spiro atoms. The van der Waals surface area contributed by atoms with Crippen molar-refractivity contribution in [3.05, 3.63) is 58.6 Å². The predicted molar refractivity (Wildman–Crippen MR) is 124 cm³/mol. The molecule has 1 aliphatic rings. The quantitative estimate of drug-likeness (QED) is 0.464. The lowest BCUT2D eigenvalue weighted by Crippen LogP contribution is -2.57. The molecule has 0 saturated carbocycles. The number of halogens is 1. The van der Waals surface area contributed by atoms with Crippen molar-refractivity contribution in [2.24, 2.45) is 4.99 Å². The molecule has 1 aliphatic heterocycles. The zero-order valence-corrected chi connectivity index (χ0v) is 20.1. The van der Waals surface area contributed by atoms with Crippen molar-refractivity contribution in [3.8, 4) is 0 Å². The van der Waals surface area contributed by atoms with E-state index >= 15 is 0 Å². The molecule has 2 amide bonds. The minimum Gasteiger partial charge on any atom is -0.442 e. The van der Waals surface area contributed by atoms with E-state index in [1.165, 1.54) is 5.01 Å². The molecule has 0 aliphatic carbocycles. The minimum absolute atomic E-state index is 0.260. The first kappa shape index (κ1) is 22.8. The molecule has 164 valence electrons. The van der Waals surface area contributed by atoms with Crippen LogP contribution in [0.5, 0.6) is 0 Å². The molecule has 31 heavy (non-hydrogen) atoms. The largest absolute Gasteiger partial charge is 0.442 e. The second-order valence-corrected chi connectivity index (χ2v) is 9.93. The van der Waals surface area contributed by atoms with Crippen molar-refractivity contribution >= 4 is 45.3 Å². The maximum Gasteiger partial charge on any atom is 0.436 e. The lowest BCUT2D eigenvalue weighted by molar-refractivity contribution is 0.0256. The highest BCUT2D eigenvalue weighted by atomic mass is 79.9. The Balaban J connectivity index is 2.22. The number of hydrogen-bond donors (Lipinski definition) is 0. The summed E-state index contributed by atoms with van der Waals surface area (Å²) in [6.07, 6.45) is -1.47. The Morgan fingerprint density at radius 2 is 1.39 bits per heavy atom. The Morgan fingerprint density at radius 1 is 0.839 bits per heavy atom. The van der Waals surface area contributed by atoms with Crippen LogP contribution < -0.4 is 5.01 Å². The normalized spacial score (nSPS) is 14.0. The standard InChI is InChI=1S/C23H26BrN3O4/c1-22(2,3)30-20(28)26-18-14-16(24)12-13-17(18)25-19(15-10-8-7-9-11-15)27(26)21(29)31-23(4,5)6/h7-14H,1-6H3. The SMILES string of the molecule is CC(C)(C)OC(=O)N1C(c2ccccc2)=Nc2ccc(Br)cc2N1C(=O)OC(C)(C)C. The van der Waals surface area contributed by atoms with Crippen LogP contribution in [0.3, 0.4) is 0 Å². The van der Waals surface area contributed by atoms with Crippen LogP contribution in [0.15, 0.2) is 58.0 Å². The smallest absolute Gasteiger partial charge is 0.436 e. The van der Waals surface area contributed by atoms with Gasteiger partial charge in [-0.3, -0.25) is 0 Å². The zero-order chi connectivity index (χ0) is 23.0. The molecule has 1 heterocycles. The fourth-order valence-electron chi connectivity index (χ4n) is 2.86. The summed E-state index contributed by atoms with van der Waals surface area (Å²) in [6, 6.07) is 14.5. The van der Waals surface area contributed by atoms with E-state index in [1.807, 2.05) is 36.4 Å². The van der Waals surface area contributed by atoms with E-state index in [-0.39, 0.29) is 5.84 Å². The number of carbonyl (C=O) groups is 2. The van der Waals surface area contributed by atoms with Gasteiger partial charge in [0, 0.05) is 10.0 Å². The molecule has 0 bridgehead atoms. The average Bonchev–Trinajstić information content (AvgIpc) is 2.64. The van der Waals surface area contributed by atoms with E-state index in [4.69, 9.17) is 9.47 Å². The van der Waals surface area contributed by atoms with E-state index in [2.05, 4.69) is 20.9 Å².